The molecule has 206 valence electrons. The first-order valence-corrected chi connectivity index (χ1v) is 21.4. The van der Waals surface area contributed by atoms with Crippen molar-refractivity contribution in [1.82, 2.24) is 0 Å². The Labute approximate surface area is 249 Å². The van der Waals surface area contributed by atoms with Gasteiger partial charge in [-0.25, -0.2) is 9.05 Å². The minimum atomic E-state index is -2.47. The maximum absolute atomic E-state index is 13.8. The van der Waals surface area contributed by atoms with Crippen LogP contribution in [0.2, 0.25) is 26.2 Å². The van der Waals surface area contributed by atoms with E-state index in [0.717, 1.165) is 43.0 Å². The Bertz CT molecular complexity index is 1860. The van der Waals surface area contributed by atoms with Crippen LogP contribution in [0, 0.1) is 0 Å². The van der Waals surface area contributed by atoms with Crippen LogP contribution in [-0.2, 0) is 4.57 Å². The van der Waals surface area contributed by atoms with E-state index in [-0.39, 0.29) is 0 Å². The number of hydrogen-bond acceptors (Lipinski definition) is 3. The molecule has 0 spiro atoms. The van der Waals surface area contributed by atoms with Crippen LogP contribution >= 0.6 is 8.25 Å². The molecule has 7 rings (SSSR count). The third-order valence-electron chi connectivity index (χ3n) is 8.92. The number of hydrogen-bond donors (Lipinski definition) is 0. The summed E-state index contributed by atoms with van der Waals surface area (Å²) in [7, 11) is -7.06. The summed E-state index contributed by atoms with van der Waals surface area (Å²) in [5.41, 5.74) is 1.96. The SMILES string of the molecule is C[Si](C)(c1ccccc1)c1cc2ccccc2c2c1O[P+](=O)Oc1c([Si](C)(C)c3ccccc3)cc3ccccc3c1-2. The molecular weight excluding hydrogens is 568 g/mol. The lowest BCUT2D eigenvalue weighted by Gasteiger charge is -2.27. The first-order chi connectivity index (χ1) is 20.3. The van der Waals surface area contributed by atoms with E-state index < -0.39 is 24.4 Å². The summed E-state index contributed by atoms with van der Waals surface area (Å²) in [5, 5.41) is 9.27. The highest BCUT2D eigenvalue weighted by Crippen LogP contribution is 2.51. The fraction of sp³-hybridized carbons (Fsp3) is 0.111. The van der Waals surface area contributed by atoms with E-state index >= 15 is 0 Å². The molecule has 6 aromatic carbocycles. The largest absolute Gasteiger partial charge is 0.805 e. The van der Waals surface area contributed by atoms with Crippen LogP contribution < -0.4 is 29.8 Å². The first kappa shape index (κ1) is 26.8. The Morgan fingerprint density at radius 2 is 0.857 bits per heavy atom. The normalized spacial score (nSPS) is 13.2. The topological polar surface area (TPSA) is 35.5 Å². The summed E-state index contributed by atoms with van der Waals surface area (Å²) in [6.07, 6.45) is 0. The van der Waals surface area contributed by atoms with E-state index in [0.29, 0.717) is 11.5 Å². The predicted octanol–water partition coefficient (Wildman–Crippen LogP) is 7.73. The van der Waals surface area contributed by atoms with Gasteiger partial charge in [0.05, 0.1) is 0 Å². The lowest BCUT2D eigenvalue weighted by Crippen LogP contribution is -2.53. The molecule has 0 N–H and O–H groups in total. The zero-order valence-electron chi connectivity index (χ0n) is 24.2. The van der Waals surface area contributed by atoms with Gasteiger partial charge in [-0.1, -0.05) is 158 Å². The van der Waals surface area contributed by atoms with E-state index in [1.165, 1.54) is 10.4 Å². The molecule has 42 heavy (non-hydrogen) atoms. The van der Waals surface area contributed by atoms with Gasteiger partial charge in [0.15, 0.2) is 11.5 Å². The van der Waals surface area contributed by atoms with E-state index in [2.05, 4.69) is 148 Å². The number of benzene rings is 6. The molecule has 0 radical (unpaired) electrons. The van der Waals surface area contributed by atoms with Crippen LogP contribution in [0.1, 0.15) is 0 Å². The third-order valence-corrected chi connectivity index (χ3v) is 16.6. The first-order valence-electron chi connectivity index (χ1n) is 14.3. The summed E-state index contributed by atoms with van der Waals surface area (Å²) < 4.78 is 26.7. The highest BCUT2D eigenvalue weighted by Gasteiger charge is 2.44. The van der Waals surface area contributed by atoms with Gasteiger partial charge < -0.3 is 0 Å². The van der Waals surface area contributed by atoms with Crippen molar-refractivity contribution in [3.63, 3.8) is 0 Å². The molecule has 0 atom stereocenters. The third kappa shape index (κ3) is 4.23. The van der Waals surface area contributed by atoms with E-state index in [1.807, 2.05) is 0 Å². The average molecular weight is 600 g/mol. The highest BCUT2D eigenvalue weighted by atomic mass is 31.1. The molecule has 0 saturated carbocycles. The number of rotatable bonds is 4. The maximum Gasteiger partial charge on any atom is 0.805 e. The predicted molar refractivity (Wildman–Crippen MR) is 182 cm³/mol. The Morgan fingerprint density at radius 3 is 1.26 bits per heavy atom. The Hall–Kier alpha value is -4.03. The lowest BCUT2D eigenvalue weighted by atomic mass is 9.92. The van der Waals surface area contributed by atoms with Gasteiger partial charge in [-0.3, -0.25) is 0 Å². The molecular formula is C36H32O3PSi2+. The van der Waals surface area contributed by atoms with Crippen molar-refractivity contribution in [3.8, 4) is 22.6 Å². The van der Waals surface area contributed by atoms with Crippen LogP contribution in [0.3, 0.4) is 0 Å². The van der Waals surface area contributed by atoms with Crippen molar-refractivity contribution in [1.29, 1.82) is 0 Å². The van der Waals surface area contributed by atoms with Crippen molar-refractivity contribution in [2.24, 2.45) is 0 Å². The molecule has 0 saturated heterocycles. The Balaban J connectivity index is 1.65. The molecule has 6 aromatic rings. The fourth-order valence-corrected chi connectivity index (χ4v) is 12.5. The van der Waals surface area contributed by atoms with Crippen molar-refractivity contribution >= 4 is 66.7 Å². The minimum Gasteiger partial charge on any atom is -0.222 e. The summed E-state index contributed by atoms with van der Waals surface area (Å²) in [4.78, 5) is 0. The van der Waals surface area contributed by atoms with Gasteiger partial charge in [0, 0.05) is 15.7 Å². The van der Waals surface area contributed by atoms with Crippen LogP contribution in [0.25, 0.3) is 32.7 Å². The molecule has 0 bridgehead atoms. The zero-order valence-corrected chi connectivity index (χ0v) is 27.1. The average Bonchev–Trinajstić information content (AvgIpc) is 3.17. The van der Waals surface area contributed by atoms with Gasteiger partial charge in [-0.15, -0.1) is 0 Å². The second kappa shape index (κ2) is 10.1. The Kier molecular flexibility index (Phi) is 6.43. The van der Waals surface area contributed by atoms with Gasteiger partial charge in [0.2, 0.25) is 0 Å². The monoisotopic (exact) mass is 599 g/mol. The molecule has 0 fully saturated rings. The molecule has 0 unspecified atom stereocenters. The molecule has 3 nitrogen and oxygen atoms in total. The minimum absolute atomic E-state index is 0.690. The summed E-state index contributed by atoms with van der Waals surface area (Å²) in [5.74, 6) is 1.38. The van der Waals surface area contributed by atoms with Crippen molar-refractivity contribution in [2.75, 3.05) is 0 Å². The zero-order chi connectivity index (χ0) is 29.1. The van der Waals surface area contributed by atoms with Crippen LogP contribution in [0.15, 0.2) is 121 Å². The van der Waals surface area contributed by atoms with Gasteiger partial charge in [-0.2, -0.15) is 0 Å². The van der Waals surface area contributed by atoms with Crippen LogP contribution in [-0.4, -0.2) is 16.1 Å². The quantitative estimate of drug-likeness (QED) is 0.154. The van der Waals surface area contributed by atoms with Crippen LogP contribution in [0.5, 0.6) is 11.5 Å². The van der Waals surface area contributed by atoms with Crippen molar-refractivity contribution < 1.29 is 13.6 Å². The maximum atomic E-state index is 13.8. The second-order valence-electron chi connectivity index (χ2n) is 12.1. The standard InChI is InChI=1S/C36H32O3PSi2/c1-41(2,27-17-7-5-8-18-27)31-23-25-15-11-13-21-29(25)33-34-30-22-14-12-16-26(30)24-32(36(34)39-40(37)38-35(31)33)42(3,4)28-19-9-6-10-20-28/h5-24H,1-4H3/q+1. The molecule has 0 aromatic heterocycles. The molecule has 1 heterocycles. The van der Waals surface area contributed by atoms with Crippen LogP contribution in [0.4, 0.5) is 0 Å². The van der Waals surface area contributed by atoms with Gasteiger partial charge in [0.25, 0.3) is 0 Å². The second-order valence-corrected chi connectivity index (χ2v) is 21.6. The van der Waals surface area contributed by atoms with E-state index in [4.69, 9.17) is 9.05 Å². The molecule has 6 heteroatoms. The highest BCUT2D eigenvalue weighted by molar-refractivity contribution is 7.34. The summed E-state index contributed by atoms with van der Waals surface area (Å²) in [6, 6.07) is 42.8. The smallest absolute Gasteiger partial charge is 0.222 e. The fourth-order valence-electron chi connectivity index (χ4n) is 6.46. The summed E-state index contributed by atoms with van der Waals surface area (Å²) in [6.45, 7) is 9.37. The Morgan fingerprint density at radius 1 is 0.500 bits per heavy atom. The van der Waals surface area contributed by atoms with Gasteiger partial charge in [-0.05, 0) is 31.9 Å². The van der Waals surface area contributed by atoms with Gasteiger partial charge >= 0.3 is 8.25 Å². The molecule has 1 aliphatic heterocycles. The molecule has 0 aliphatic carbocycles. The van der Waals surface area contributed by atoms with Crippen molar-refractivity contribution in [3.05, 3.63) is 121 Å². The van der Waals surface area contributed by atoms with E-state index in [1.54, 1.807) is 0 Å². The van der Waals surface area contributed by atoms with Crippen molar-refractivity contribution in [2.45, 2.75) is 26.2 Å². The lowest BCUT2D eigenvalue weighted by molar-refractivity contribution is 0.423. The van der Waals surface area contributed by atoms with E-state index in [9.17, 15) is 4.57 Å². The molecule has 1 aliphatic rings. The molecule has 0 amide bonds. The van der Waals surface area contributed by atoms with Gasteiger partial charge in [0.1, 0.15) is 16.1 Å². The summed E-state index contributed by atoms with van der Waals surface area (Å²) >= 11 is 0. The number of fused-ring (bicyclic) bond motifs is 7.